The Morgan fingerprint density at radius 3 is 0.521 bits per heavy atom. The van der Waals surface area contributed by atoms with Crippen molar-refractivity contribution in [2.24, 2.45) is 0 Å². The second kappa shape index (κ2) is 44.8. The molecule has 3 N–H and O–H groups in total. The number of aliphatic hydroxyl groups excluding tert-OH is 2. The van der Waals surface area contributed by atoms with Crippen LogP contribution in [0.2, 0.25) is 0 Å². The van der Waals surface area contributed by atoms with Crippen molar-refractivity contribution in [2.75, 3.05) is 106 Å². The van der Waals surface area contributed by atoms with Crippen molar-refractivity contribution >= 4 is 5.97 Å². The van der Waals surface area contributed by atoms with E-state index in [-0.39, 0.29) is 110 Å². The average Bonchev–Trinajstić information content (AvgIpc) is 3.33. The summed E-state index contributed by atoms with van der Waals surface area (Å²) in [7, 11) is 0. The van der Waals surface area contributed by atoms with Gasteiger partial charge in [-0.25, -0.2) is 4.79 Å². The third-order valence-corrected chi connectivity index (χ3v) is 9.86. The first-order valence-electron chi connectivity index (χ1n) is 25.7. The zero-order valence-corrected chi connectivity index (χ0v) is 47.1. The zero-order chi connectivity index (χ0) is 54.3. The average molecular weight is 1030 g/mol. The fraction of sp³-hybridized carbons (Fsp3) is 0.942. The zero-order valence-electron chi connectivity index (χ0n) is 47.1. The minimum absolute atomic E-state index is 0.0106. The van der Waals surface area contributed by atoms with Crippen LogP contribution in [0.3, 0.4) is 0 Å². The highest BCUT2D eigenvalue weighted by Crippen LogP contribution is 2.09. The quantitative estimate of drug-likeness (QED) is 0.0589. The summed E-state index contributed by atoms with van der Waals surface area (Å²) in [6, 6.07) is 0. The molecule has 0 saturated carbocycles. The summed E-state index contributed by atoms with van der Waals surface area (Å²) in [6.07, 6.45) is -2.06. The highest BCUT2D eigenvalue weighted by atomic mass is 16.6. The van der Waals surface area contributed by atoms with Gasteiger partial charge in [0.1, 0.15) is 0 Å². The number of carbonyl (C=O) groups is 1. The lowest BCUT2D eigenvalue weighted by molar-refractivity contribution is -0.132. The van der Waals surface area contributed by atoms with E-state index in [1.807, 2.05) is 104 Å². The molecule has 0 heterocycles. The predicted molar refractivity (Wildman–Crippen MR) is 272 cm³/mol. The fourth-order valence-electron chi connectivity index (χ4n) is 5.23. The van der Waals surface area contributed by atoms with Crippen LogP contribution in [0.15, 0.2) is 12.2 Å². The molecule has 16 atom stereocenters. The van der Waals surface area contributed by atoms with Gasteiger partial charge < -0.3 is 86.4 Å². The van der Waals surface area contributed by atoms with E-state index in [1.54, 1.807) is 6.92 Å². The first-order valence-corrected chi connectivity index (χ1v) is 25.7. The standard InChI is InChI=1S/C48H98O17.C4H6O2/c1-33(50)18-51-35(3)20-53-37(5)22-55-39(7)24-57-41(9)26-59-43(11)28-61-45(13)30-63-47(15)32-65-48(16)31-64-46(14)29-62-44(12)27-60-42(10)25-58-40(8)23-56-38(6)21-54-36(4)19-52-34(2)17-49;1-3(2)4(5)6/h33-50H,17-32H2,1-16H3;1H2,2H3,(H,5,6). The number of ether oxygens (including phenoxy) is 15. The molecule has 16 unspecified atom stereocenters. The van der Waals surface area contributed by atoms with Crippen molar-refractivity contribution in [1.29, 1.82) is 0 Å². The molecule has 0 saturated heterocycles. The monoisotopic (exact) mass is 1030 g/mol. The molecule has 19 heteroatoms. The van der Waals surface area contributed by atoms with E-state index in [4.69, 9.17) is 81.3 Å². The second-order valence-corrected chi connectivity index (χ2v) is 19.3. The van der Waals surface area contributed by atoms with E-state index in [0.29, 0.717) is 92.5 Å². The number of aliphatic hydroxyl groups is 2. The lowest BCUT2D eigenvalue weighted by Gasteiger charge is -2.23. The van der Waals surface area contributed by atoms with Crippen molar-refractivity contribution in [3.05, 3.63) is 12.2 Å². The molecule has 426 valence electrons. The third-order valence-electron chi connectivity index (χ3n) is 9.86. The van der Waals surface area contributed by atoms with Crippen LogP contribution in [0, 0.1) is 0 Å². The summed E-state index contributed by atoms with van der Waals surface area (Å²) in [5.74, 6) is -0.935. The normalized spacial score (nSPS) is 18.8. The summed E-state index contributed by atoms with van der Waals surface area (Å²) >= 11 is 0. The molecule has 19 nitrogen and oxygen atoms in total. The van der Waals surface area contributed by atoms with E-state index >= 15 is 0 Å². The Labute approximate surface area is 429 Å². The number of hydrogen-bond donors (Lipinski definition) is 3. The topological polar surface area (TPSA) is 216 Å². The maximum Gasteiger partial charge on any atom is 0.330 e. The number of rotatable bonds is 47. The number of carboxylic acid groups (broad SMARTS) is 1. The first kappa shape index (κ1) is 71.6. The Balaban J connectivity index is 0. The van der Waals surface area contributed by atoms with Crippen LogP contribution in [0.4, 0.5) is 0 Å². The van der Waals surface area contributed by atoms with Gasteiger partial charge in [-0.3, -0.25) is 0 Å². The minimum atomic E-state index is -0.935. The summed E-state index contributed by atoms with van der Waals surface area (Å²) < 4.78 is 88.0. The van der Waals surface area contributed by atoms with Gasteiger partial charge in [0.05, 0.1) is 203 Å². The van der Waals surface area contributed by atoms with Crippen LogP contribution >= 0.6 is 0 Å². The van der Waals surface area contributed by atoms with Gasteiger partial charge >= 0.3 is 5.97 Å². The smallest absolute Gasteiger partial charge is 0.330 e. The van der Waals surface area contributed by atoms with E-state index in [1.165, 1.54) is 6.92 Å². The maximum absolute atomic E-state index is 9.60. The molecular formula is C52H104O19. The molecule has 0 rings (SSSR count). The summed E-state index contributed by atoms with van der Waals surface area (Å²) in [5.41, 5.74) is 0.176. The number of carboxylic acids is 1. The van der Waals surface area contributed by atoms with E-state index in [9.17, 15) is 9.90 Å². The van der Waals surface area contributed by atoms with Gasteiger partial charge in [0.15, 0.2) is 0 Å². The second-order valence-electron chi connectivity index (χ2n) is 19.3. The third kappa shape index (κ3) is 48.0. The molecule has 0 aromatic rings. The molecule has 0 aromatic carbocycles. The summed E-state index contributed by atoms with van der Waals surface area (Å²) in [4.78, 5) is 9.60. The highest BCUT2D eigenvalue weighted by Gasteiger charge is 2.18. The lowest BCUT2D eigenvalue weighted by Crippen LogP contribution is -2.31. The van der Waals surface area contributed by atoms with Gasteiger partial charge in [-0.15, -0.1) is 0 Å². The van der Waals surface area contributed by atoms with Gasteiger partial charge in [-0.2, -0.15) is 0 Å². The molecule has 71 heavy (non-hydrogen) atoms. The largest absolute Gasteiger partial charge is 0.478 e. The summed E-state index contributed by atoms with van der Waals surface area (Å²) in [6.45, 7) is 42.1. The Morgan fingerprint density at radius 1 is 0.310 bits per heavy atom. The van der Waals surface area contributed by atoms with Crippen molar-refractivity contribution < 1.29 is 91.2 Å². The van der Waals surface area contributed by atoms with E-state index < -0.39 is 12.1 Å². The van der Waals surface area contributed by atoms with Crippen LogP contribution in [0.25, 0.3) is 0 Å². The van der Waals surface area contributed by atoms with E-state index in [0.717, 1.165) is 0 Å². The van der Waals surface area contributed by atoms with Crippen LogP contribution in [-0.4, -0.2) is 225 Å². The van der Waals surface area contributed by atoms with Gasteiger partial charge in [-0.05, 0) is 118 Å². The highest BCUT2D eigenvalue weighted by molar-refractivity contribution is 5.84. The molecular weight excluding hydrogens is 929 g/mol. The van der Waals surface area contributed by atoms with Crippen LogP contribution in [-0.2, 0) is 75.8 Å². The van der Waals surface area contributed by atoms with Crippen molar-refractivity contribution in [1.82, 2.24) is 0 Å². The van der Waals surface area contributed by atoms with Gasteiger partial charge in [-0.1, -0.05) is 6.58 Å². The molecule has 0 bridgehead atoms. The lowest BCUT2D eigenvalue weighted by atomic mass is 10.3. The molecule has 0 fully saturated rings. The van der Waals surface area contributed by atoms with Crippen molar-refractivity contribution in [2.45, 2.75) is 215 Å². The molecule has 0 aromatic heterocycles. The van der Waals surface area contributed by atoms with Crippen LogP contribution in [0.1, 0.15) is 118 Å². The van der Waals surface area contributed by atoms with Gasteiger partial charge in [0, 0.05) is 5.57 Å². The maximum atomic E-state index is 9.60. The summed E-state index contributed by atoms with van der Waals surface area (Å²) in [5, 5.41) is 26.3. The van der Waals surface area contributed by atoms with Crippen molar-refractivity contribution in [3.63, 3.8) is 0 Å². The first-order chi connectivity index (χ1) is 33.3. The number of aliphatic carboxylic acids is 1. The SMILES string of the molecule is C=C(C)C(=O)O.CC(O)COC(C)COC(C)COC(C)COC(C)COC(C)COC(C)COC(C)COC(C)COC(C)COC(C)COC(C)COC(C)COC(C)COC(C)COC(C)CO. The fourth-order valence-corrected chi connectivity index (χ4v) is 5.23. The Morgan fingerprint density at radius 2 is 0.423 bits per heavy atom. The molecule has 0 aliphatic carbocycles. The molecule has 0 spiro atoms. The van der Waals surface area contributed by atoms with Gasteiger partial charge in [0.25, 0.3) is 0 Å². The molecule has 0 amide bonds. The van der Waals surface area contributed by atoms with Crippen LogP contribution in [0.5, 0.6) is 0 Å². The van der Waals surface area contributed by atoms with Gasteiger partial charge in [0.2, 0.25) is 0 Å². The van der Waals surface area contributed by atoms with Crippen molar-refractivity contribution in [3.8, 4) is 0 Å². The number of hydrogen-bond acceptors (Lipinski definition) is 18. The molecule has 0 radical (unpaired) electrons. The Hall–Kier alpha value is -1.47. The predicted octanol–water partition coefficient (Wildman–Crippen LogP) is 6.08. The minimum Gasteiger partial charge on any atom is -0.478 e. The Bertz CT molecular complexity index is 1220. The molecule has 0 aliphatic heterocycles. The molecule has 0 aliphatic rings. The van der Waals surface area contributed by atoms with Crippen LogP contribution < -0.4 is 0 Å². The van der Waals surface area contributed by atoms with E-state index in [2.05, 4.69) is 6.58 Å². The Kier molecular flexibility index (Phi) is 45.2.